The summed E-state index contributed by atoms with van der Waals surface area (Å²) >= 11 is 0. The molecule has 3 aliphatic rings. The third-order valence-corrected chi connectivity index (χ3v) is 6.35. The summed E-state index contributed by atoms with van der Waals surface area (Å²) in [5, 5.41) is 3.14. The number of nitrogens with two attached hydrogens (primary N) is 1. The SMILES string of the molecule is Cl.Cl.NC1C2CCC(C2)C1C(=O)NCc1cccc(CN2CCCC2)c1. The van der Waals surface area contributed by atoms with Crippen molar-refractivity contribution in [3.63, 3.8) is 0 Å². The van der Waals surface area contributed by atoms with Crippen molar-refractivity contribution in [1.82, 2.24) is 10.2 Å². The van der Waals surface area contributed by atoms with E-state index >= 15 is 0 Å². The number of likely N-dealkylation sites (tertiary alicyclic amines) is 1. The van der Waals surface area contributed by atoms with E-state index in [-0.39, 0.29) is 42.7 Å². The molecule has 3 fully saturated rings. The van der Waals surface area contributed by atoms with Crippen LogP contribution in [0.2, 0.25) is 0 Å². The van der Waals surface area contributed by atoms with Crippen LogP contribution in [0.4, 0.5) is 0 Å². The average molecular weight is 400 g/mol. The van der Waals surface area contributed by atoms with Crippen molar-refractivity contribution >= 4 is 30.7 Å². The van der Waals surface area contributed by atoms with Crippen LogP contribution in [0.1, 0.15) is 43.2 Å². The molecule has 4 nitrogen and oxygen atoms in total. The van der Waals surface area contributed by atoms with Crippen molar-refractivity contribution in [3.05, 3.63) is 35.4 Å². The molecule has 1 aromatic rings. The van der Waals surface area contributed by atoms with Crippen LogP contribution in [0.25, 0.3) is 0 Å². The van der Waals surface area contributed by atoms with Gasteiger partial charge < -0.3 is 11.1 Å². The summed E-state index contributed by atoms with van der Waals surface area (Å²) in [4.78, 5) is 15.1. The first-order valence-corrected chi connectivity index (χ1v) is 9.54. The quantitative estimate of drug-likeness (QED) is 0.799. The van der Waals surface area contributed by atoms with Crippen LogP contribution in [0, 0.1) is 17.8 Å². The molecule has 0 aromatic heterocycles. The maximum atomic E-state index is 12.6. The minimum atomic E-state index is 0. The smallest absolute Gasteiger partial charge is 0.225 e. The van der Waals surface area contributed by atoms with Crippen LogP contribution >= 0.6 is 24.8 Å². The van der Waals surface area contributed by atoms with Crippen molar-refractivity contribution in [3.8, 4) is 0 Å². The highest BCUT2D eigenvalue weighted by Crippen LogP contribution is 2.47. The monoisotopic (exact) mass is 399 g/mol. The third-order valence-electron chi connectivity index (χ3n) is 6.35. The number of nitrogens with zero attached hydrogens (tertiary/aromatic N) is 1. The summed E-state index contributed by atoms with van der Waals surface area (Å²) in [6.07, 6.45) is 6.19. The Labute approximate surface area is 169 Å². The van der Waals surface area contributed by atoms with Gasteiger partial charge in [0.1, 0.15) is 0 Å². The maximum Gasteiger partial charge on any atom is 0.225 e. The fourth-order valence-corrected chi connectivity index (χ4v) is 5.07. The van der Waals surface area contributed by atoms with Crippen LogP contribution in [0.15, 0.2) is 24.3 Å². The molecular formula is C20H31Cl2N3O. The van der Waals surface area contributed by atoms with Gasteiger partial charge >= 0.3 is 0 Å². The van der Waals surface area contributed by atoms with Gasteiger partial charge in [-0.3, -0.25) is 9.69 Å². The van der Waals surface area contributed by atoms with Crippen molar-refractivity contribution in [1.29, 1.82) is 0 Å². The largest absolute Gasteiger partial charge is 0.352 e. The molecule has 2 saturated carbocycles. The number of carbonyl (C=O) groups excluding carboxylic acids is 1. The van der Waals surface area contributed by atoms with E-state index in [0.717, 1.165) is 13.0 Å². The van der Waals surface area contributed by atoms with E-state index in [1.54, 1.807) is 0 Å². The van der Waals surface area contributed by atoms with Gasteiger partial charge in [-0.05, 0) is 68.2 Å². The molecule has 4 unspecified atom stereocenters. The van der Waals surface area contributed by atoms with Gasteiger partial charge in [0.2, 0.25) is 5.91 Å². The molecule has 3 N–H and O–H groups in total. The number of halogens is 2. The first-order chi connectivity index (χ1) is 11.7. The zero-order chi connectivity index (χ0) is 16.5. The lowest BCUT2D eigenvalue weighted by Crippen LogP contribution is -2.45. The van der Waals surface area contributed by atoms with E-state index in [1.165, 1.54) is 49.9 Å². The molecule has 0 spiro atoms. The molecule has 1 aromatic carbocycles. The Bertz CT molecular complexity index is 604. The second-order valence-corrected chi connectivity index (χ2v) is 7.96. The van der Waals surface area contributed by atoms with E-state index in [9.17, 15) is 4.79 Å². The Morgan fingerprint density at radius 3 is 2.50 bits per heavy atom. The first-order valence-electron chi connectivity index (χ1n) is 9.54. The summed E-state index contributed by atoms with van der Waals surface area (Å²) in [6, 6.07) is 8.71. The molecule has 2 aliphatic carbocycles. The molecule has 0 radical (unpaired) electrons. The molecule has 1 aliphatic heterocycles. The zero-order valence-corrected chi connectivity index (χ0v) is 16.9. The summed E-state index contributed by atoms with van der Waals surface area (Å²) in [5.74, 6) is 1.30. The van der Waals surface area contributed by atoms with E-state index in [0.29, 0.717) is 18.4 Å². The minimum absolute atomic E-state index is 0. The van der Waals surface area contributed by atoms with Gasteiger partial charge in [-0.2, -0.15) is 0 Å². The second kappa shape index (κ2) is 9.41. The summed E-state index contributed by atoms with van der Waals surface area (Å²) < 4.78 is 0. The van der Waals surface area contributed by atoms with Crippen LogP contribution in [0.5, 0.6) is 0 Å². The van der Waals surface area contributed by atoms with Crippen molar-refractivity contribution < 1.29 is 4.79 Å². The number of benzene rings is 1. The first kappa shape index (κ1) is 21.5. The van der Waals surface area contributed by atoms with E-state index in [1.807, 2.05) is 0 Å². The van der Waals surface area contributed by atoms with Crippen molar-refractivity contribution in [2.24, 2.45) is 23.5 Å². The zero-order valence-electron chi connectivity index (χ0n) is 15.2. The van der Waals surface area contributed by atoms with Crippen molar-refractivity contribution in [2.45, 2.75) is 51.2 Å². The lowest BCUT2D eigenvalue weighted by Gasteiger charge is -2.27. The Hall–Kier alpha value is -0.810. The van der Waals surface area contributed by atoms with Gasteiger partial charge in [0.05, 0.1) is 5.92 Å². The van der Waals surface area contributed by atoms with Gasteiger partial charge in [0.15, 0.2) is 0 Å². The molecule has 4 rings (SSSR count). The lowest BCUT2D eigenvalue weighted by molar-refractivity contribution is -0.127. The number of rotatable bonds is 5. The molecule has 1 heterocycles. The Morgan fingerprint density at radius 1 is 1.12 bits per heavy atom. The maximum absolute atomic E-state index is 12.6. The lowest BCUT2D eigenvalue weighted by atomic mass is 9.84. The van der Waals surface area contributed by atoms with E-state index in [4.69, 9.17) is 5.73 Å². The predicted molar refractivity (Wildman–Crippen MR) is 110 cm³/mol. The van der Waals surface area contributed by atoms with E-state index in [2.05, 4.69) is 34.5 Å². The molecule has 1 amide bonds. The number of amides is 1. The summed E-state index contributed by atoms with van der Waals surface area (Å²) in [7, 11) is 0. The number of fused-ring (bicyclic) bond motifs is 2. The van der Waals surface area contributed by atoms with Gasteiger partial charge in [0, 0.05) is 19.1 Å². The predicted octanol–water partition coefficient (Wildman–Crippen LogP) is 3.12. The highest BCUT2D eigenvalue weighted by atomic mass is 35.5. The summed E-state index contributed by atoms with van der Waals surface area (Å²) in [6.45, 7) is 4.07. The molecular weight excluding hydrogens is 369 g/mol. The molecule has 26 heavy (non-hydrogen) atoms. The second-order valence-electron chi connectivity index (χ2n) is 7.96. The fraction of sp³-hybridized carbons (Fsp3) is 0.650. The topological polar surface area (TPSA) is 58.4 Å². The van der Waals surface area contributed by atoms with Gasteiger partial charge in [-0.25, -0.2) is 0 Å². The number of hydrogen-bond acceptors (Lipinski definition) is 3. The average Bonchev–Trinajstić information content (AvgIpc) is 3.30. The Balaban J connectivity index is 0.00000121. The standard InChI is InChI=1S/C20H29N3O.2ClH/c21-19-17-7-6-16(11-17)18(19)20(24)22-12-14-4-3-5-15(10-14)13-23-8-1-2-9-23;;/h3-5,10,16-19H,1-2,6-9,11-13,21H2,(H,22,24);2*1H. The summed E-state index contributed by atoms with van der Waals surface area (Å²) in [5.41, 5.74) is 8.82. The molecule has 2 bridgehead atoms. The van der Waals surface area contributed by atoms with Crippen LogP contribution in [-0.2, 0) is 17.9 Å². The van der Waals surface area contributed by atoms with Crippen LogP contribution in [0.3, 0.4) is 0 Å². The normalized spacial score (nSPS) is 29.9. The minimum Gasteiger partial charge on any atom is -0.352 e. The van der Waals surface area contributed by atoms with Crippen LogP contribution < -0.4 is 11.1 Å². The van der Waals surface area contributed by atoms with Gasteiger partial charge in [0.25, 0.3) is 0 Å². The van der Waals surface area contributed by atoms with Crippen LogP contribution in [-0.4, -0.2) is 29.9 Å². The Kier molecular flexibility index (Phi) is 7.77. The third kappa shape index (κ3) is 4.53. The fourth-order valence-electron chi connectivity index (χ4n) is 5.07. The number of hydrogen-bond donors (Lipinski definition) is 2. The number of carbonyl (C=O) groups is 1. The highest BCUT2D eigenvalue weighted by Gasteiger charge is 2.48. The van der Waals surface area contributed by atoms with Gasteiger partial charge in [-0.1, -0.05) is 24.3 Å². The van der Waals surface area contributed by atoms with Crippen molar-refractivity contribution in [2.75, 3.05) is 13.1 Å². The molecule has 4 atom stereocenters. The van der Waals surface area contributed by atoms with E-state index < -0.39 is 0 Å². The molecule has 146 valence electrons. The van der Waals surface area contributed by atoms with Gasteiger partial charge in [-0.15, -0.1) is 24.8 Å². The molecule has 1 saturated heterocycles. The number of nitrogens with one attached hydrogen (secondary N) is 1. The highest BCUT2D eigenvalue weighted by molar-refractivity contribution is 5.85. The Morgan fingerprint density at radius 2 is 1.81 bits per heavy atom. The molecule has 6 heteroatoms.